The van der Waals surface area contributed by atoms with E-state index in [1.807, 2.05) is 24.3 Å². The van der Waals surface area contributed by atoms with E-state index in [-0.39, 0.29) is 0 Å². The van der Waals surface area contributed by atoms with Gasteiger partial charge in [0, 0.05) is 10.0 Å². The van der Waals surface area contributed by atoms with Crippen LogP contribution in [0.15, 0.2) is 40.6 Å². The summed E-state index contributed by atoms with van der Waals surface area (Å²) in [6.07, 6.45) is 1.73. The third-order valence-electron chi connectivity index (χ3n) is 1.76. The Morgan fingerprint density at radius 1 is 1.31 bits per heavy atom. The summed E-state index contributed by atoms with van der Waals surface area (Å²) in [6.45, 7) is 1.33. The van der Waals surface area contributed by atoms with Gasteiger partial charge in [0.25, 0.3) is 0 Å². The third-order valence-corrected chi connectivity index (χ3v) is 2.29. The molecule has 0 saturated carbocycles. The Labute approximate surface area is 85.3 Å². The lowest BCUT2D eigenvalue weighted by atomic mass is 10.3. The molecule has 2 nitrogen and oxygen atoms in total. The maximum absolute atomic E-state index is 5.50. The Morgan fingerprint density at radius 2 is 2.00 bits per heavy atom. The van der Waals surface area contributed by atoms with Gasteiger partial charge in [0.1, 0.15) is 19.0 Å². The normalized spacial score (nSPS) is 14.1. The van der Waals surface area contributed by atoms with Crippen LogP contribution in [0.1, 0.15) is 0 Å². The van der Waals surface area contributed by atoms with Crippen LogP contribution in [0.3, 0.4) is 0 Å². The molecule has 0 fully saturated rings. The van der Waals surface area contributed by atoms with Gasteiger partial charge >= 0.3 is 0 Å². The van der Waals surface area contributed by atoms with Crippen molar-refractivity contribution in [2.24, 2.45) is 0 Å². The zero-order valence-electron chi connectivity index (χ0n) is 7.00. The minimum absolute atomic E-state index is 0.627. The molecule has 0 unspecified atom stereocenters. The number of hydrogen-bond acceptors (Lipinski definition) is 2. The first kappa shape index (κ1) is 8.63. The summed E-state index contributed by atoms with van der Waals surface area (Å²) in [5.41, 5.74) is 1.20. The summed E-state index contributed by atoms with van der Waals surface area (Å²) < 4.78 is 11.4. The van der Waals surface area contributed by atoms with Gasteiger partial charge in [0.2, 0.25) is 0 Å². The van der Waals surface area contributed by atoms with Gasteiger partial charge in [0.15, 0.2) is 0 Å². The molecule has 0 spiro atoms. The SMILES string of the molecule is Brc1ccc(OCC2=COC2)cc1. The fourth-order valence-electron chi connectivity index (χ4n) is 0.984. The van der Waals surface area contributed by atoms with Crippen molar-refractivity contribution in [3.05, 3.63) is 40.6 Å². The third kappa shape index (κ3) is 2.25. The van der Waals surface area contributed by atoms with Crippen molar-refractivity contribution in [1.82, 2.24) is 0 Å². The van der Waals surface area contributed by atoms with Crippen molar-refractivity contribution in [2.45, 2.75) is 0 Å². The van der Waals surface area contributed by atoms with Gasteiger partial charge in [-0.25, -0.2) is 0 Å². The molecule has 1 heterocycles. The smallest absolute Gasteiger partial charge is 0.119 e. The fourth-order valence-corrected chi connectivity index (χ4v) is 1.25. The predicted octanol–water partition coefficient (Wildman–Crippen LogP) is 2.74. The minimum atomic E-state index is 0.627. The molecule has 0 bridgehead atoms. The van der Waals surface area contributed by atoms with Crippen LogP contribution in [0, 0.1) is 0 Å². The van der Waals surface area contributed by atoms with E-state index in [0.29, 0.717) is 13.2 Å². The van der Waals surface area contributed by atoms with Crippen molar-refractivity contribution in [2.75, 3.05) is 13.2 Å². The summed E-state index contributed by atoms with van der Waals surface area (Å²) in [5, 5.41) is 0. The molecule has 0 aromatic heterocycles. The zero-order valence-corrected chi connectivity index (χ0v) is 8.58. The highest BCUT2D eigenvalue weighted by atomic mass is 79.9. The minimum Gasteiger partial charge on any atom is -0.496 e. The van der Waals surface area contributed by atoms with E-state index in [1.54, 1.807) is 6.26 Å². The van der Waals surface area contributed by atoms with E-state index in [1.165, 1.54) is 5.57 Å². The molecule has 0 aliphatic carbocycles. The Morgan fingerprint density at radius 3 is 2.54 bits per heavy atom. The first-order valence-corrected chi connectivity index (χ1v) is 4.82. The van der Waals surface area contributed by atoms with E-state index in [4.69, 9.17) is 9.47 Å². The van der Waals surface area contributed by atoms with Crippen molar-refractivity contribution < 1.29 is 9.47 Å². The average Bonchev–Trinajstić information content (AvgIpc) is 2.05. The summed E-state index contributed by atoms with van der Waals surface area (Å²) in [5.74, 6) is 0.885. The van der Waals surface area contributed by atoms with Crippen LogP contribution in [0.5, 0.6) is 5.75 Å². The second-order valence-electron chi connectivity index (χ2n) is 2.83. The highest BCUT2D eigenvalue weighted by molar-refractivity contribution is 9.10. The lowest BCUT2D eigenvalue weighted by Gasteiger charge is -2.16. The summed E-state index contributed by atoms with van der Waals surface area (Å²) >= 11 is 3.36. The van der Waals surface area contributed by atoms with Gasteiger partial charge in [-0.2, -0.15) is 0 Å². The van der Waals surface area contributed by atoms with E-state index >= 15 is 0 Å². The molecule has 0 saturated heterocycles. The van der Waals surface area contributed by atoms with Crippen LogP contribution >= 0.6 is 15.9 Å². The van der Waals surface area contributed by atoms with Crippen LogP contribution < -0.4 is 4.74 Å². The lowest BCUT2D eigenvalue weighted by Crippen LogP contribution is -2.13. The van der Waals surface area contributed by atoms with Gasteiger partial charge in [-0.3, -0.25) is 0 Å². The monoisotopic (exact) mass is 240 g/mol. The molecule has 1 aromatic carbocycles. The summed E-state index contributed by atoms with van der Waals surface area (Å²) in [4.78, 5) is 0. The molecule has 2 rings (SSSR count). The van der Waals surface area contributed by atoms with E-state index in [9.17, 15) is 0 Å². The van der Waals surface area contributed by atoms with Crippen LogP contribution in [-0.4, -0.2) is 13.2 Å². The van der Waals surface area contributed by atoms with Crippen LogP contribution in [0.2, 0.25) is 0 Å². The summed E-state index contributed by atoms with van der Waals surface area (Å²) in [7, 11) is 0. The van der Waals surface area contributed by atoms with Crippen molar-refractivity contribution in [1.29, 1.82) is 0 Å². The Bertz CT molecular complexity index is 316. The number of benzene rings is 1. The van der Waals surface area contributed by atoms with E-state index in [0.717, 1.165) is 10.2 Å². The van der Waals surface area contributed by atoms with Crippen molar-refractivity contribution in [3.8, 4) is 5.75 Å². The molecule has 68 valence electrons. The first-order chi connectivity index (χ1) is 6.34. The second kappa shape index (κ2) is 3.83. The maximum atomic E-state index is 5.50. The fraction of sp³-hybridized carbons (Fsp3) is 0.200. The van der Waals surface area contributed by atoms with Gasteiger partial charge in [-0.1, -0.05) is 15.9 Å². The van der Waals surface area contributed by atoms with Crippen LogP contribution in [-0.2, 0) is 4.74 Å². The van der Waals surface area contributed by atoms with Crippen molar-refractivity contribution >= 4 is 15.9 Å². The molecule has 0 amide bonds. The van der Waals surface area contributed by atoms with Gasteiger partial charge in [-0.15, -0.1) is 0 Å². The number of rotatable bonds is 3. The highest BCUT2D eigenvalue weighted by Crippen LogP contribution is 2.17. The largest absolute Gasteiger partial charge is 0.496 e. The lowest BCUT2D eigenvalue weighted by molar-refractivity contribution is 0.196. The van der Waals surface area contributed by atoms with E-state index in [2.05, 4.69) is 15.9 Å². The van der Waals surface area contributed by atoms with Gasteiger partial charge < -0.3 is 9.47 Å². The number of hydrogen-bond donors (Lipinski definition) is 0. The molecule has 1 aromatic rings. The van der Waals surface area contributed by atoms with Gasteiger partial charge in [-0.05, 0) is 24.3 Å². The average molecular weight is 241 g/mol. The van der Waals surface area contributed by atoms with Crippen molar-refractivity contribution in [3.63, 3.8) is 0 Å². The second-order valence-corrected chi connectivity index (χ2v) is 3.75. The molecular formula is C10H9BrO2. The first-order valence-electron chi connectivity index (χ1n) is 4.02. The van der Waals surface area contributed by atoms with Crippen LogP contribution in [0.25, 0.3) is 0 Å². The molecule has 1 aliphatic heterocycles. The molecule has 3 heteroatoms. The molecule has 0 radical (unpaired) electrons. The number of ether oxygens (including phenoxy) is 2. The zero-order chi connectivity index (χ0) is 9.10. The molecular weight excluding hydrogens is 232 g/mol. The summed E-state index contributed by atoms with van der Waals surface area (Å²) in [6, 6.07) is 7.79. The highest BCUT2D eigenvalue weighted by Gasteiger charge is 2.06. The molecule has 1 aliphatic rings. The molecule has 13 heavy (non-hydrogen) atoms. The topological polar surface area (TPSA) is 18.5 Å². The predicted molar refractivity (Wildman–Crippen MR) is 53.7 cm³/mol. The standard InChI is InChI=1S/C10H9BrO2/c11-9-1-3-10(4-2-9)13-7-8-5-12-6-8/h1-5H,6-7H2. The van der Waals surface area contributed by atoms with E-state index < -0.39 is 0 Å². The Balaban J connectivity index is 1.90. The maximum Gasteiger partial charge on any atom is 0.119 e. The van der Waals surface area contributed by atoms with Crippen LogP contribution in [0.4, 0.5) is 0 Å². The number of halogens is 1. The Kier molecular flexibility index (Phi) is 2.54. The molecule has 0 N–H and O–H groups in total. The Hall–Kier alpha value is -0.960. The molecule has 0 atom stereocenters. The van der Waals surface area contributed by atoms with Gasteiger partial charge in [0.05, 0.1) is 6.26 Å². The quantitative estimate of drug-likeness (QED) is 0.809.